The van der Waals surface area contributed by atoms with Gasteiger partial charge in [-0.2, -0.15) is 0 Å². The van der Waals surface area contributed by atoms with Crippen molar-refractivity contribution in [2.24, 2.45) is 5.92 Å². The SMILES string of the molecule is CC1OCCC1CNC(=O)N[C@@H](C)C(=O)O. The Balaban J connectivity index is 2.22. The molecule has 0 saturated carbocycles. The van der Waals surface area contributed by atoms with E-state index in [2.05, 4.69) is 10.6 Å². The maximum absolute atomic E-state index is 11.3. The molecule has 0 aromatic carbocycles. The van der Waals surface area contributed by atoms with Gasteiger partial charge in [-0.3, -0.25) is 4.79 Å². The van der Waals surface area contributed by atoms with Gasteiger partial charge in [0.2, 0.25) is 0 Å². The molecule has 1 fully saturated rings. The van der Waals surface area contributed by atoms with Crippen LogP contribution in [-0.4, -0.2) is 42.4 Å². The summed E-state index contributed by atoms with van der Waals surface area (Å²) >= 11 is 0. The molecule has 3 N–H and O–H groups in total. The lowest BCUT2D eigenvalue weighted by atomic mass is 10.0. The summed E-state index contributed by atoms with van der Waals surface area (Å²) in [5.74, 6) is -0.737. The fourth-order valence-corrected chi connectivity index (χ4v) is 1.58. The third-order valence-corrected chi connectivity index (χ3v) is 2.78. The van der Waals surface area contributed by atoms with E-state index in [0.717, 1.165) is 13.0 Å². The van der Waals surface area contributed by atoms with E-state index in [-0.39, 0.29) is 6.10 Å². The second kappa shape index (κ2) is 5.69. The molecular formula is C10H18N2O4. The van der Waals surface area contributed by atoms with Crippen molar-refractivity contribution >= 4 is 12.0 Å². The summed E-state index contributed by atoms with van der Waals surface area (Å²) in [5.41, 5.74) is 0. The fourth-order valence-electron chi connectivity index (χ4n) is 1.58. The van der Waals surface area contributed by atoms with Gasteiger partial charge in [-0.1, -0.05) is 0 Å². The number of ether oxygens (including phenoxy) is 1. The van der Waals surface area contributed by atoms with Gasteiger partial charge in [-0.25, -0.2) is 4.79 Å². The third kappa shape index (κ3) is 3.69. The van der Waals surface area contributed by atoms with Crippen molar-refractivity contribution in [2.45, 2.75) is 32.4 Å². The maximum atomic E-state index is 11.3. The largest absolute Gasteiger partial charge is 0.480 e. The molecule has 0 aromatic rings. The molecule has 0 spiro atoms. The Morgan fingerprint density at radius 2 is 2.25 bits per heavy atom. The highest BCUT2D eigenvalue weighted by Gasteiger charge is 2.24. The smallest absolute Gasteiger partial charge is 0.325 e. The average molecular weight is 230 g/mol. The lowest BCUT2D eigenvalue weighted by Gasteiger charge is -2.16. The molecule has 92 valence electrons. The zero-order valence-corrected chi connectivity index (χ0v) is 9.53. The van der Waals surface area contributed by atoms with Gasteiger partial charge in [0.1, 0.15) is 6.04 Å². The highest BCUT2D eigenvalue weighted by Crippen LogP contribution is 2.18. The highest BCUT2D eigenvalue weighted by atomic mass is 16.5. The summed E-state index contributed by atoms with van der Waals surface area (Å²) < 4.78 is 5.35. The van der Waals surface area contributed by atoms with Gasteiger partial charge in [-0.05, 0) is 20.3 Å². The number of nitrogens with one attached hydrogen (secondary N) is 2. The number of amides is 2. The van der Waals surface area contributed by atoms with Crippen LogP contribution in [0.5, 0.6) is 0 Å². The van der Waals surface area contributed by atoms with Crippen molar-refractivity contribution in [3.63, 3.8) is 0 Å². The number of carboxylic acid groups (broad SMARTS) is 1. The minimum atomic E-state index is -1.05. The van der Waals surface area contributed by atoms with Crippen LogP contribution in [0.1, 0.15) is 20.3 Å². The van der Waals surface area contributed by atoms with Crippen LogP contribution >= 0.6 is 0 Å². The second-order valence-corrected chi connectivity index (χ2v) is 4.04. The Morgan fingerprint density at radius 3 is 2.75 bits per heavy atom. The molecule has 2 unspecified atom stereocenters. The van der Waals surface area contributed by atoms with Gasteiger partial charge in [0.05, 0.1) is 6.10 Å². The summed E-state index contributed by atoms with van der Waals surface area (Å²) in [7, 11) is 0. The lowest BCUT2D eigenvalue weighted by molar-refractivity contribution is -0.138. The number of hydrogen-bond donors (Lipinski definition) is 3. The molecule has 0 radical (unpaired) electrons. The van der Waals surface area contributed by atoms with E-state index in [1.165, 1.54) is 6.92 Å². The molecule has 0 bridgehead atoms. The Labute approximate surface area is 94.3 Å². The summed E-state index contributed by atoms with van der Waals surface area (Å²) in [4.78, 5) is 21.8. The first-order valence-corrected chi connectivity index (χ1v) is 5.39. The number of carboxylic acids is 1. The monoisotopic (exact) mass is 230 g/mol. The molecule has 0 aliphatic carbocycles. The summed E-state index contributed by atoms with van der Waals surface area (Å²) in [6.07, 6.45) is 1.08. The molecule has 1 rings (SSSR count). The van der Waals surface area contributed by atoms with Crippen LogP contribution in [-0.2, 0) is 9.53 Å². The molecule has 3 atom stereocenters. The van der Waals surface area contributed by atoms with Crippen LogP contribution in [0.3, 0.4) is 0 Å². The average Bonchev–Trinajstić information content (AvgIpc) is 2.61. The first-order chi connectivity index (χ1) is 7.50. The third-order valence-electron chi connectivity index (χ3n) is 2.78. The quantitative estimate of drug-likeness (QED) is 0.643. The zero-order valence-electron chi connectivity index (χ0n) is 9.53. The maximum Gasteiger partial charge on any atom is 0.325 e. The van der Waals surface area contributed by atoms with Gasteiger partial charge in [0, 0.05) is 19.1 Å². The number of aliphatic carboxylic acids is 1. The first kappa shape index (κ1) is 12.8. The first-order valence-electron chi connectivity index (χ1n) is 5.39. The lowest BCUT2D eigenvalue weighted by Crippen LogP contribution is -2.46. The molecule has 0 aromatic heterocycles. The second-order valence-electron chi connectivity index (χ2n) is 4.04. The zero-order chi connectivity index (χ0) is 12.1. The number of carbonyl (C=O) groups excluding carboxylic acids is 1. The summed E-state index contributed by atoms with van der Waals surface area (Å²) in [5, 5.41) is 13.6. The standard InChI is InChI=1S/C10H18N2O4/c1-6(9(13)14)12-10(15)11-5-8-3-4-16-7(8)2/h6-8H,3-5H2,1-2H3,(H,13,14)(H2,11,12,15)/t6-,7?,8?/m0/s1. The van der Waals surface area contributed by atoms with Gasteiger partial charge in [-0.15, -0.1) is 0 Å². The van der Waals surface area contributed by atoms with E-state index in [1.807, 2.05) is 6.92 Å². The topological polar surface area (TPSA) is 87.7 Å². The van der Waals surface area contributed by atoms with Crippen molar-refractivity contribution in [3.05, 3.63) is 0 Å². The number of carbonyl (C=O) groups is 2. The van der Waals surface area contributed by atoms with Gasteiger partial charge >= 0.3 is 12.0 Å². The number of rotatable bonds is 4. The minimum Gasteiger partial charge on any atom is -0.480 e. The molecule has 2 amide bonds. The Kier molecular flexibility index (Phi) is 4.54. The number of hydrogen-bond acceptors (Lipinski definition) is 3. The van der Waals surface area contributed by atoms with Gasteiger partial charge in [0.15, 0.2) is 0 Å². The van der Waals surface area contributed by atoms with Gasteiger partial charge < -0.3 is 20.5 Å². The van der Waals surface area contributed by atoms with E-state index >= 15 is 0 Å². The van der Waals surface area contributed by atoms with Gasteiger partial charge in [0.25, 0.3) is 0 Å². The van der Waals surface area contributed by atoms with Crippen LogP contribution in [0.15, 0.2) is 0 Å². The molecule has 1 saturated heterocycles. The van der Waals surface area contributed by atoms with E-state index < -0.39 is 18.0 Å². The summed E-state index contributed by atoms with van der Waals surface area (Å²) in [6.45, 7) is 4.63. The summed E-state index contributed by atoms with van der Waals surface area (Å²) in [6, 6.07) is -1.33. The molecular weight excluding hydrogens is 212 g/mol. The fraction of sp³-hybridized carbons (Fsp3) is 0.800. The van der Waals surface area contributed by atoms with Crippen LogP contribution < -0.4 is 10.6 Å². The Morgan fingerprint density at radius 1 is 1.56 bits per heavy atom. The van der Waals surface area contributed by atoms with E-state index in [4.69, 9.17) is 9.84 Å². The predicted octanol–water partition coefficient (Wildman–Crippen LogP) is 0.184. The normalized spacial score (nSPS) is 26.1. The highest BCUT2D eigenvalue weighted by molar-refractivity contribution is 5.82. The Bertz CT molecular complexity index is 270. The Hall–Kier alpha value is -1.30. The van der Waals surface area contributed by atoms with Crippen LogP contribution in [0.2, 0.25) is 0 Å². The van der Waals surface area contributed by atoms with Crippen molar-refractivity contribution in [3.8, 4) is 0 Å². The van der Waals surface area contributed by atoms with Crippen molar-refractivity contribution in [1.29, 1.82) is 0 Å². The van der Waals surface area contributed by atoms with Crippen molar-refractivity contribution in [1.82, 2.24) is 10.6 Å². The molecule has 1 aliphatic rings. The molecule has 1 heterocycles. The van der Waals surface area contributed by atoms with Crippen LogP contribution in [0, 0.1) is 5.92 Å². The minimum absolute atomic E-state index is 0.150. The van der Waals surface area contributed by atoms with Crippen LogP contribution in [0.25, 0.3) is 0 Å². The molecule has 16 heavy (non-hydrogen) atoms. The van der Waals surface area contributed by atoms with Crippen molar-refractivity contribution < 1.29 is 19.4 Å². The van der Waals surface area contributed by atoms with E-state index in [0.29, 0.717) is 12.5 Å². The number of urea groups is 1. The van der Waals surface area contributed by atoms with Crippen LogP contribution in [0.4, 0.5) is 4.79 Å². The van der Waals surface area contributed by atoms with E-state index in [9.17, 15) is 9.59 Å². The van der Waals surface area contributed by atoms with E-state index in [1.54, 1.807) is 0 Å². The molecule has 6 nitrogen and oxygen atoms in total. The predicted molar refractivity (Wildman–Crippen MR) is 57.2 cm³/mol. The molecule has 1 aliphatic heterocycles. The molecule has 6 heteroatoms. The van der Waals surface area contributed by atoms with Crippen molar-refractivity contribution in [2.75, 3.05) is 13.2 Å².